The van der Waals surface area contributed by atoms with Crippen molar-refractivity contribution in [2.24, 2.45) is 11.7 Å². The van der Waals surface area contributed by atoms with E-state index in [2.05, 4.69) is 0 Å². The molecule has 4 nitrogen and oxygen atoms in total. The molecule has 1 aromatic carbocycles. The van der Waals surface area contributed by atoms with E-state index in [0.717, 1.165) is 0 Å². The number of carbonyl (C=O) groups is 1. The van der Waals surface area contributed by atoms with Gasteiger partial charge in [-0.2, -0.15) is 0 Å². The van der Waals surface area contributed by atoms with Crippen LogP contribution in [0.3, 0.4) is 0 Å². The third-order valence-corrected chi connectivity index (χ3v) is 2.82. The van der Waals surface area contributed by atoms with Crippen molar-refractivity contribution < 1.29 is 13.9 Å². The largest absolute Gasteiger partial charge is 0.494 e. The van der Waals surface area contributed by atoms with Crippen molar-refractivity contribution in [2.45, 2.75) is 13.3 Å². The molecule has 0 heterocycles. The van der Waals surface area contributed by atoms with Gasteiger partial charge in [-0.15, -0.1) is 0 Å². The van der Waals surface area contributed by atoms with Crippen LogP contribution in [0.1, 0.15) is 13.3 Å². The molecular formula is C13H19FN2O2. The molecule has 1 amide bonds. The van der Waals surface area contributed by atoms with E-state index in [1.807, 2.05) is 6.92 Å². The predicted molar refractivity (Wildman–Crippen MR) is 69.2 cm³/mol. The van der Waals surface area contributed by atoms with Crippen LogP contribution in [0.5, 0.6) is 5.75 Å². The van der Waals surface area contributed by atoms with Gasteiger partial charge >= 0.3 is 0 Å². The van der Waals surface area contributed by atoms with Gasteiger partial charge in [-0.25, -0.2) is 4.39 Å². The summed E-state index contributed by atoms with van der Waals surface area (Å²) in [5.41, 5.74) is 5.98. The van der Waals surface area contributed by atoms with Crippen molar-refractivity contribution in [3.05, 3.63) is 24.0 Å². The summed E-state index contributed by atoms with van der Waals surface area (Å²) in [5.74, 6) is -0.294. The number of nitrogens with two attached hydrogens (primary N) is 1. The first-order valence-corrected chi connectivity index (χ1v) is 5.79. The molecule has 0 aliphatic rings. The van der Waals surface area contributed by atoms with Gasteiger partial charge < -0.3 is 15.4 Å². The molecule has 2 N–H and O–H groups in total. The topological polar surface area (TPSA) is 55.6 Å². The average molecular weight is 254 g/mol. The van der Waals surface area contributed by atoms with E-state index in [4.69, 9.17) is 10.5 Å². The average Bonchev–Trinajstić information content (AvgIpc) is 2.37. The maximum atomic E-state index is 13.5. The molecule has 1 rings (SSSR count). The molecule has 1 unspecified atom stereocenters. The highest BCUT2D eigenvalue weighted by atomic mass is 19.1. The zero-order valence-electron chi connectivity index (χ0n) is 10.9. The number of benzene rings is 1. The number of anilines is 1. The third kappa shape index (κ3) is 3.43. The second-order valence-corrected chi connectivity index (χ2v) is 4.32. The van der Waals surface area contributed by atoms with Crippen LogP contribution in [0, 0.1) is 11.7 Å². The Hall–Kier alpha value is -1.62. The second kappa shape index (κ2) is 6.35. The Kier molecular flexibility index (Phi) is 5.09. The number of methoxy groups -OCH3 is 1. The van der Waals surface area contributed by atoms with Crippen LogP contribution < -0.4 is 15.4 Å². The minimum Gasteiger partial charge on any atom is -0.494 e. The number of carbonyl (C=O) groups excluding carboxylic acids is 1. The summed E-state index contributed by atoms with van der Waals surface area (Å²) in [6, 6.07) is 4.43. The fourth-order valence-electron chi connectivity index (χ4n) is 1.53. The van der Waals surface area contributed by atoms with Crippen LogP contribution >= 0.6 is 0 Å². The van der Waals surface area contributed by atoms with E-state index < -0.39 is 5.82 Å². The zero-order chi connectivity index (χ0) is 13.7. The van der Waals surface area contributed by atoms with E-state index in [-0.39, 0.29) is 17.6 Å². The highest BCUT2D eigenvalue weighted by Gasteiger charge is 2.15. The van der Waals surface area contributed by atoms with Gasteiger partial charge in [0.2, 0.25) is 5.91 Å². The van der Waals surface area contributed by atoms with Crippen LogP contribution in [0.4, 0.5) is 10.1 Å². The summed E-state index contributed by atoms with van der Waals surface area (Å²) in [4.78, 5) is 13.3. The Balaban J connectivity index is 2.80. The molecule has 0 aromatic heterocycles. The van der Waals surface area contributed by atoms with Gasteiger partial charge in [0.05, 0.1) is 7.11 Å². The molecule has 0 aliphatic heterocycles. The fourth-order valence-corrected chi connectivity index (χ4v) is 1.53. The number of halogens is 1. The molecule has 1 atom stereocenters. The molecule has 0 aliphatic carbocycles. The van der Waals surface area contributed by atoms with Gasteiger partial charge in [-0.1, -0.05) is 6.92 Å². The summed E-state index contributed by atoms with van der Waals surface area (Å²) < 4.78 is 18.3. The van der Waals surface area contributed by atoms with Crippen LogP contribution in [0.25, 0.3) is 0 Å². The molecule has 0 spiro atoms. The monoisotopic (exact) mass is 254 g/mol. The second-order valence-electron chi connectivity index (χ2n) is 4.32. The lowest BCUT2D eigenvalue weighted by molar-refractivity contribution is -0.119. The first-order valence-electron chi connectivity index (χ1n) is 5.79. The van der Waals surface area contributed by atoms with Crippen LogP contribution in [-0.4, -0.2) is 26.6 Å². The fraction of sp³-hybridized carbons (Fsp3) is 0.462. The van der Waals surface area contributed by atoms with E-state index in [0.29, 0.717) is 18.7 Å². The van der Waals surface area contributed by atoms with Crippen LogP contribution in [0.15, 0.2) is 18.2 Å². The molecule has 0 saturated heterocycles. The smallest absolute Gasteiger partial charge is 0.227 e. The van der Waals surface area contributed by atoms with Crippen molar-refractivity contribution in [3.8, 4) is 5.75 Å². The SMILES string of the molecule is COc1ccc(N(C)C(=O)CC(C)CN)cc1F. The number of hydrogen-bond acceptors (Lipinski definition) is 3. The van der Waals surface area contributed by atoms with Crippen LogP contribution in [-0.2, 0) is 4.79 Å². The van der Waals surface area contributed by atoms with Gasteiger partial charge in [0, 0.05) is 25.2 Å². The molecule has 0 fully saturated rings. The minimum absolute atomic E-state index is 0.0856. The summed E-state index contributed by atoms with van der Waals surface area (Å²) in [6.45, 7) is 2.36. The maximum absolute atomic E-state index is 13.5. The first-order chi connectivity index (χ1) is 8.49. The van der Waals surface area contributed by atoms with E-state index >= 15 is 0 Å². The summed E-state index contributed by atoms with van der Waals surface area (Å²) in [7, 11) is 3.02. The lowest BCUT2D eigenvalue weighted by Crippen LogP contribution is -2.29. The number of nitrogens with zero attached hydrogens (tertiary/aromatic N) is 1. The molecule has 0 saturated carbocycles. The standard InChI is InChI=1S/C13H19FN2O2/c1-9(8-15)6-13(17)16(2)10-4-5-12(18-3)11(14)7-10/h4-5,7,9H,6,8,15H2,1-3H3. The Morgan fingerprint density at radius 2 is 2.22 bits per heavy atom. The van der Waals surface area contributed by atoms with Gasteiger partial charge in [-0.05, 0) is 24.6 Å². The van der Waals surface area contributed by atoms with Gasteiger partial charge in [0.25, 0.3) is 0 Å². The highest BCUT2D eigenvalue weighted by Crippen LogP contribution is 2.23. The molecule has 100 valence electrons. The quantitative estimate of drug-likeness (QED) is 0.871. The third-order valence-electron chi connectivity index (χ3n) is 2.82. The highest BCUT2D eigenvalue weighted by molar-refractivity contribution is 5.92. The van der Waals surface area contributed by atoms with Crippen molar-refractivity contribution in [3.63, 3.8) is 0 Å². The van der Waals surface area contributed by atoms with Gasteiger partial charge in [0.1, 0.15) is 0 Å². The molecule has 18 heavy (non-hydrogen) atoms. The van der Waals surface area contributed by atoms with Crippen molar-refractivity contribution in [2.75, 3.05) is 25.6 Å². The molecule has 1 aromatic rings. The number of rotatable bonds is 5. The summed E-state index contributed by atoms with van der Waals surface area (Å²) >= 11 is 0. The van der Waals surface area contributed by atoms with Crippen molar-refractivity contribution >= 4 is 11.6 Å². The lowest BCUT2D eigenvalue weighted by atomic mass is 10.1. The normalized spacial score (nSPS) is 12.1. The summed E-state index contributed by atoms with van der Waals surface area (Å²) in [6.07, 6.45) is 0.348. The molecule has 5 heteroatoms. The molecule has 0 radical (unpaired) electrons. The van der Waals surface area contributed by atoms with E-state index in [1.54, 1.807) is 13.1 Å². The Bertz CT molecular complexity index is 423. The summed E-state index contributed by atoms with van der Waals surface area (Å²) in [5, 5.41) is 0. The van der Waals surface area contributed by atoms with E-state index in [1.165, 1.54) is 24.1 Å². The van der Waals surface area contributed by atoms with E-state index in [9.17, 15) is 9.18 Å². The van der Waals surface area contributed by atoms with Crippen molar-refractivity contribution in [1.82, 2.24) is 0 Å². The zero-order valence-corrected chi connectivity index (χ0v) is 10.9. The first kappa shape index (κ1) is 14.4. The number of hydrogen-bond donors (Lipinski definition) is 1. The van der Waals surface area contributed by atoms with Gasteiger partial charge in [0.15, 0.2) is 11.6 Å². The number of amides is 1. The molecule has 0 bridgehead atoms. The Labute approximate surface area is 107 Å². The molecular weight excluding hydrogens is 235 g/mol. The van der Waals surface area contributed by atoms with Gasteiger partial charge in [-0.3, -0.25) is 4.79 Å². The van der Waals surface area contributed by atoms with Crippen LogP contribution in [0.2, 0.25) is 0 Å². The van der Waals surface area contributed by atoms with Crippen molar-refractivity contribution in [1.29, 1.82) is 0 Å². The Morgan fingerprint density at radius 3 is 2.72 bits per heavy atom. The Morgan fingerprint density at radius 1 is 1.56 bits per heavy atom. The lowest BCUT2D eigenvalue weighted by Gasteiger charge is -2.19. The maximum Gasteiger partial charge on any atom is 0.227 e. The number of ether oxygens (including phenoxy) is 1. The predicted octanol–water partition coefficient (Wildman–Crippen LogP) is 1.78. The minimum atomic E-state index is -0.485.